The Bertz CT molecular complexity index is 364. The summed E-state index contributed by atoms with van der Waals surface area (Å²) < 4.78 is 0. The molecular weight excluding hydrogens is 238 g/mol. The predicted octanol–water partition coefficient (Wildman–Crippen LogP) is 2.93. The van der Waals surface area contributed by atoms with Crippen LogP contribution in [0.25, 0.3) is 0 Å². The van der Waals surface area contributed by atoms with E-state index < -0.39 is 0 Å². The monoisotopic (exact) mass is 255 g/mol. The van der Waals surface area contributed by atoms with E-state index in [-0.39, 0.29) is 11.8 Å². The lowest BCUT2D eigenvalue weighted by molar-refractivity contribution is -0.173. The van der Waals surface area contributed by atoms with Gasteiger partial charge in [-0.2, -0.15) is 0 Å². The average molecular weight is 256 g/mol. The minimum absolute atomic E-state index is 0.00458. The van der Waals surface area contributed by atoms with Gasteiger partial charge in [-0.1, -0.05) is 30.7 Å². The second-order valence-corrected chi connectivity index (χ2v) is 4.39. The topological polar surface area (TPSA) is 29.5 Å². The lowest BCUT2D eigenvalue weighted by Gasteiger charge is -2.20. The molecule has 0 aliphatic heterocycles. The van der Waals surface area contributed by atoms with Crippen LogP contribution in [0.5, 0.6) is 0 Å². The van der Waals surface area contributed by atoms with E-state index in [1.165, 1.54) is 12.2 Å². The highest BCUT2D eigenvalue weighted by atomic mass is 35.5. The first-order chi connectivity index (χ1) is 8.08. The van der Waals surface area contributed by atoms with Gasteiger partial charge in [0.25, 0.3) is 0 Å². The highest BCUT2D eigenvalue weighted by Crippen LogP contribution is 2.17. The Kier molecular flexibility index (Phi) is 5.45. The van der Waals surface area contributed by atoms with Gasteiger partial charge in [-0.05, 0) is 30.5 Å². The molecule has 1 amide bonds. The zero-order valence-corrected chi connectivity index (χ0v) is 11.2. The number of nitrogens with zero attached hydrogens (tertiary/aromatic N) is 1. The maximum Gasteiger partial charge on any atom is 0.249 e. The molecule has 0 unspecified atom stereocenters. The molecule has 0 aliphatic carbocycles. The molecule has 1 aromatic carbocycles. The second kappa shape index (κ2) is 6.62. The van der Waals surface area contributed by atoms with E-state index in [4.69, 9.17) is 16.4 Å². The van der Waals surface area contributed by atoms with Gasteiger partial charge in [0, 0.05) is 18.0 Å². The summed E-state index contributed by atoms with van der Waals surface area (Å²) in [4.78, 5) is 16.9. The molecule has 1 atom stereocenters. The molecule has 1 rings (SSSR count). The van der Waals surface area contributed by atoms with Crippen molar-refractivity contribution in [2.45, 2.75) is 19.8 Å². The van der Waals surface area contributed by atoms with Gasteiger partial charge in [-0.25, -0.2) is 5.06 Å². The average Bonchev–Trinajstić information content (AvgIpc) is 2.36. The minimum atomic E-state index is -0.0545. The summed E-state index contributed by atoms with van der Waals surface area (Å²) in [6, 6.07) is 7.58. The van der Waals surface area contributed by atoms with Crippen molar-refractivity contribution >= 4 is 17.5 Å². The van der Waals surface area contributed by atoms with Crippen molar-refractivity contribution in [3.63, 3.8) is 0 Å². The standard InChI is InChI=1S/C13H18ClNO2/c1-4-11(13(16)15(2)17-3)9-10-5-7-12(14)8-6-10/h5-8,11H,4,9H2,1-3H3/t11-/m1/s1. The fourth-order valence-corrected chi connectivity index (χ4v) is 1.78. The summed E-state index contributed by atoms with van der Waals surface area (Å²) in [6.45, 7) is 2.00. The Morgan fingerprint density at radius 2 is 2.00 bits per heavy atom. The number of halogens is 1. The third kappa shape index (κ3) is 4.02. The van der Waals surface area contributed by atoms with Crippen LogP contribution < -0.4 is 0 Å². The van der Waals surface area contributed by atoms with Gasteiger partial charge in [-0.3, -0.25) is 9.63 Å². The molecule has 4 heteroatoms. The third-order valence-corrected chi connectivity index (χ3v) is 3.07. The van der Waals surface area contributed by atoms with Crippen molar-refractivity contribution in [1.29, 1.82) is 0 Å². The first kappa shape index (κ1) is 14.0. The van der Waals surface area contributed by atoms with Gasteiger partial charge in [0.15, 0.2) is 0 Å². The van der Waals surface area contributed by atoms with Crippen molar-refractivity contribution < 1.29 is 9.63 Å². The van der Waals surface area contributed by atoms with E-state index >= 15 is 0 Å². The van der Waals surface area contributed by atoms with Crippen LogP contribution in [0.2, 0.25) is 5.02 Å². The molecule has 0 radical (unpaired) electrons. The third-order valence-electron chi connectivity index (χ3n) is 2.82. The maximum atomic E-state index is 12.0. The Balaban J connectivity index is 2.69. The number of amides is 1. The first-order valence-corrected chi connectivity index (χ1v) is 6.02. The van der Waals surface area contributed by atoms with Gasteiger partial charge in [0.1, 0.15) is 0 Å². The van der Waals surface area contributed by atoms with Gasteiger partial charge >= 0.3 is 0 Å². The largest absolute Gasteiger partial charge is 0.275 e. The van der Waals surface area contributed by atoms with Crippen LogP contribution in [-0.4, -0.2) is 25.1 Å². The van der Waals surface area contributed by atoms with E-state index in [9.17, 15) is 4.79 Å². The zero-order valence-electron chi connectivity index (χ0n) is 10.4. The van der Waals surface area contributed by atoms with Crippen LogP contribution in [-0.2, 0) is 16.1 Å². The van der Waals surface area contributed by atoms with Crippen molar-refractivity contribution in [2.24, 2.45) is 5.92 Å². The number of hydroxylamine groups is 2. The highest BCUT2D eigenvalue weighted by molar-refractivity contribution is 6.30. The fraction of sp³-hybridized carbons (Fsp3) is 0.462. The molecule has 0 fully saturated rings. The summed E-state index contributed by atoms with van der Waals surface area (Å²) in [6.07, 6.45) is 1.50. The fourth-order valence-electron chi connectivity index (χ4n) is 1.66. The van der Waals surface area contributed by atoms with E-state index in [0.29, 0.717) is 11.4 Å². The molecule has 0 saturated heterocycles. The van der Waals surface area contributed by atoms with Crippen molar-refractivity contribution in [1.82, 2.24) is 5.06 Å². The number of benzene rings is 1. The summed E-state index contributed by atoms with van der Waals surface area (Å²) in [5, 5.41) is 1.99. The predicted molar refractivity (Wildman–Crippen MR) is 68.7 cm³/mol. The number of carbonyl (C=O) groups is 1. The number of hydrogen-bond acceptors (Lipinski definition) is 2. The molecular formula is C13H18ClNO2. The molecule has 0 aliphatic rings. The first-order valence-electron chi connectivity index (χ1n) is 5.64. The molecule has 0 spiro atoms. The van der Waals surface area contributed by atoms with Crippen LogP contribution in [0.1, 0.15) is 18.9 Å². The Morgan fingerprint density at radius 1 is 1.41 bits per heavy atom. The summed E-state index contributed by atoms with van der Waals surface area (Å²) >= 11 is 5.82. The van der Waals surface area contributed by atoms with Crippen molar-refractivity contribution in [3.05, 3.63) is 34.9 Å². The quantitative estimate of drug-likeness (QED) is 0.757. The van der Waals surface area contributed by atoms with Crippen molar-refractivity contribution in [2.75, 3.05) is 14.2 Å². The molecule has 0 bridgehead atoms. The summed E-state index contributed by atoms with van der Waals surface area (Å²) in [5.41, 5.74) is 1.11. The van der Waals surface area contributed by atoms with Crippen molar-refractivity contribution in [3.8, 4) is 0 Å². The summed E-state index contributed by atoms with van der Waals surface area (Å²) in [5.74, 6) is -0.0499. The van der Waals surface area contributed by atoms with E-state index in [0.717, 1.165) is 12.0 Å². The Labute approximate surface area is 107 Å². The lowest BCUT2D eigenvalue weighted by Crippen LogP contribution is -2.32. The zero-order chi connectivity index (χ0) is 12.8. The van der Waals surface area contributed by atoms with Crippen LogP contribution in [0, 0.1) is 5.92 Å². The molecule has 3 nitrogen and oxygen atoms in total. The SMILES string of the molecule is CC[C@H](Cc1ccc(Cl)cc1)C(=O)N(C)OC. The summed E-state index contributed by atoms with van der Waals surface area (Å²) in [7, 11) is 3.12. The molecule has 0 heterocycles. The van der Waals surface area contributed by atoms with Crippen LogP contribution in [0.3, 0.4) is 0 Å². The minimum Gasteiger partial charge on any atom is -0.275 e. The van der Waals surface area contributed by atoms with Crippen LogP contribution in [0.4, 0.5) is 0 Å². The molecule has 0 saturated carbocycles. The molecule has 0 N–H and O–H groups in total. The Morgan fingerprint density at radius 3 is 2.47 bits per heavy atom. The van der Waals surface area contributed by atoms with E-state index in [1.807, 2.05) is 31.2 Å². The molecule has 1 aromatic rings. The van der Waals surface area contributed by atoms with Gasteiger partial charge in [0.2, 0.25) is 5.91 Å². The second-order valence-electron chi connectivity index (χ2n) is 3.95. The van der Waals surface area contributed by atoms with Crippen LogP contribution in [0.15, 0.2) is 24.3 Å². The van der Waals surface area contributed by atoms with Gasteiger partial charge in [-0.15, -0.1) is 0 Å². The molecule has 94 valence electrons. The Hall–Kier alpha value is -1.06. The number of rotatable bonds is 5. The van der Waals surface area contributed by atoms with E-state index in [1.54, 1.807) is 7.05 Å². The molecule has 0 aromatic heterocycles. The highest BCUT2D eigenvalue weighted by Gasteiger charge is 2.20. The van der Waals surface area contributed by atoms with E-state index in [2.05, 4.69) is 0 Å². The normalized spacial score (nSPS) is 12.2. The van der Waals surface area contributed by atoms with Gasteiger partial charge in [0.05, 0.1) is 7.11 Å². The number of carbonyl (C=O) groups excluding carboxylic acids is 1. The number of hydrogen-bond donors (Lipinski definition) is 0. The molecule has 17 heavy (non-hydrogen) atoms. The maximum absolute atomic E-state index is 12.0. The smallest absolute Gasteiger partial charge is 0.249 e. The van der Waals surface area contributed by atoms with Crippen LogP contribution >= 0.6 is 11.6 Å². The van der Waals surface area contributed by atoms with Gasteiger partial charge < -0.3 is 0 Å². The lowest BCUT2D eigenvalue weighted by atomic mass is 9.96.